The Hall–Kier alpha value is -2.72. The van der Waals surface area contributed by atoms with Crippen LogP contribution >= 0.6 is 23.1 Å². The monoisotopic (exact) mass is 462 g/mol. The Morgan fingerprint density at radius 2 is 2.03 bits per heavy atom. The second kappa shape index (κ2) is 10.1. The second-order valence-corrected chi connectivity index (χ2v) is 9.34. The molecule has 0 saturated heterocycles. The lowest BCUT2D eigenvalue weighted by atomic mass is 9.98. The third-order valence-corrected chi connectivity index (χ3v) is 6.78. The maximum absolute atomic E-state index is 13.6. The van der Waals surface area contributed by atoms with Crippen molar-refractivity contribution in [3.05, 3.63) is 56.4 Å². The Balaban J connectivity index is 1.63. The van der Waals surface area contributed by atoms with Gasteiger partial charge in [-0.15, -0.1) is 11.3 Å². The lowest BCUT2D eigenvalue weighted by molar-refractivity contribution is -0.119. The summed E-state index contributed by atoms with van der Waals surface area (Å²) in [6, 6.07) is 5.46. The molecular weight excluding hydrogens is 439 g/mol. The highest BCUT2D eigenvalue weighted by atomic mass is 32.2. The first-order chi connectivity index (χ1) is 14.8. The third kappa shape index (κ3) is 5.50. The maximum atomic E-state index is 13.6. The number of hydrazine groups is 1. The molecule has 0 bridgehead atoms. The second-order valence-electron chi connectivity index (χ2n) is 7.18. The number of hydrogen-bond donors (Lipinski definition) is 3. The zero-order valence-electron chi connectivity index (χ0n) is 17.4. The summed E-state index contributed by atoms with van der Waals surface area (Å²) >= 11 is 2.51. The number of aromatic amines is 1. The molecule has 1 atom stereocenters. The number of nitrogens with zero attached hydrogens (tertiary/aromatic N) is 1. The van der Waals surface area contributed by atoms with Gasteiger partial charge in [-0.25, -0.2) is 9.37 Å². The van der Waals surface area contributed by atoms with Crippen molar-refractivity contribution >= 4 is 45.1 Å². The van der Waals surface area contributed by atoms with Crippen molar-refractivity contribution in [3.8, 4) is 0 Å². The smallest absolute Gasteiger partial charge is 0.272 e. The van der Waals surface area contributed by atoms with Gasteiger partial charge >= 0.3 is 0 Å². The van der Waals surface area contributed by atoms with Gasteiger partial charge in [-0.3, -0.25) is 25.2 Å². The molecule has 2 aromatic heterocycles. The number of benzene rings is 1. The normalized spacial score (nSPS) is 12.0. The van der Waals surface area contributed by atoms with Crippen molar-refractivity contribution in [1.29, 1.82) is 0 Å². The van der Waals surface area contributed by atoms with Gasteiger partial charge in [-0.2, -0.15) is 0 Å². The molecule has 10 heteroatoms. The van der Waals surface area contributed by atoms with Gasteiger partial charge in [0, 0.05) is 4.88 Å². The van der Waals surface area contributed by atoms with Crippen LogP contribution in [0.15, 0.2) is 34.2 Å². The van der Waals surface area contributed by atoms with Crippen LogP contribution in [0.2, 0.25) is 0 Å². The maximum Gasteiger partial charge on any atom is 0.272 e. The van der Waals surface area contributed by atoms with Crippen LogP contribution in [0.3, 0.4) is 0 Å². The molecule has 2 amide bonds. The molecule has 0 aliphatic rings. The number of thiophene rings is 1. The molecule has 3 N–H and O–H groups in total. The number of halogens is 1. The molecule has 1 aromatic carbocycles. The van der Waals surface area contributed by atoms with E-state index in [0.29, 0.717) is 21.3 Å². The molecular formula is C21H23FN4O3S2. The van der Waals surface area contributed by atoms with E-state index in [1.54, 1.807) is 0 Å². The highest BCUT2D eigenvalue weighted by Gasteiger charge is 2.17. The van der Waals surface area contributed by atoms with Gasteiger partial charge < -0.3 is 4.98 Å². The van der Waals surface area contributed by atoms with Gasteiger partial charge in [0.25, 0.3) is 11.5 Å². The van der Waals surface area contributed by atoms with Crippen molar-refractivity contribution in [1.82, 2.24) is 20.8 Å². The van der Waals surface area contributed by atoms with Crippen LogP contribution in [0.4, 0.5) is 4.39 Å². The first kappa shape index (κ1) is 23.0. The van der Waals surface area contributed by atoms with Gasteiger partial charge in [0.15, 0.2) is 5.16 Å². The Labute approximate surface area is 186 Å². The summed E-state index contributed by atoms with van der Waals surface area (Å²) in [5.74, 6) is -1.58. The molecule has 164 valence electrons. The van der Waals surface area contributed by atoms with E-state index in [1.807, 2.05) is 6.92 Å². The summed E-state index contributed by atoms with van der Waals surface area (Å²) in [6.45, 7) is 6.26. The highest BCUT2D eigenvalue weighted by Crippen LogP contribution is 2.30. The number of carbonyl (C=O) groups is 2. The summed E-state index contributed by atoms with van der Waals surface area (Å²) in [7, 11) is 0. The van der Waals surface area contributed by atoms with Crippen LogP contribution in [-0.2, 0) is 11.2 Å². The molecule has 0 saturated carbocycles. The topological polar surface area (TPSA) is 104 Å². The SMILES string of the molecule is CCC(C)Cc1c(C)sc2nc(SCC(=O)NNC(=O)c3ccccc3F)[nH]c(=O)c12. The van der Waals surface area contributed by atoms with E-state index < -0.39 is 17.6 Å². The molecule has 1 unspecified atom stereocenters. The zero-order valence-corrected chi connectivity index (χ0v) is 19.0. The number of aromatic nitrogens is 2. The number of hydrogen-bond acceptors (Lipinski definition) is 6. The quantitative estimate of drug-likeness (QED) is 0.283. The van der Waals surface area contributed by atoms with Crippen molar-refractivity contribution < 1.29 is 14.0 Å². The largest absolute Gasteiger partial charge is 0.301 e. The lowest BCUT2D eigenvalue weighted by Gasteiger charge is -2.08. The lowest BCUT2D eigenvalue weighted by Crippen LogP contribution is -2.42. The van der Waals surface area contributed by atoms with Crippen LogP contribution in [0.1, 0.15) is 41.1 Å². The standard InChI is InChI=1S/C21H23FN4O3S2/c1-4-11(2)9-14-12(3)31-20-17(14)19(29)23-21(24-20)30-10-16(27)25-26-18(28)13-7-5-6-8-15(13)22/h5-8,11H,4,9-10H2,1-3H3,(H,25,27)(H,26,28)(H,23,24,29). The number of fused-ring (bicyclic) bond motifs is 1. The van der Waals surface area contributed by atoms with Gasteiger partial charge in [-0.05, 0) is 37.0 Å². The van der Waals surface area contributed by atoms with E-state index in [2.05, 4.69) is 34.7 Å². The van der Waals surface area contributed by atoms with E-state index >= 15 is 0 Å². The molecule has 7 nitrogen and oxygen atoms in total. The number of H-pyrrole nitrogens is 1. The van der Waals surface area contributed by atoms with Crippen molar-refractivity contribution in [3.63, 3.8) is 0 Å². The number of rotatable bonds is 7. The predicted octanol–water partition coefficient (Wildman–Crippen LogP) is 3.57. The van der Waals surface area contributed by atoms with Crippen molar-refractivity contribution in [2.75, 3.05) is 5.75 Å². The molecule has 2 heterocycles. The van der Waals surface area contributed by atoms with Crippen LogP contribution in [0, 0.1) is 18.7 Å². The predicted molar refractivity (Wildman–Crippen MR) is 121 cm³/mol. The first-order valence-corrected chi connectivity index (χ1v) is 11.6. The number of aryl methyl sites for hydroxylation is 1. The molecule has 0 spiro atoms. The van der Waals surface area contributed by atoms with Crippen molar-refractivity contribution in [2.45, 2.75) is 38.8 Å². The van der Waals surface area contributed by atoms with E-state index in [-0.39, 0.29) is 16.9 Å². The third-order valence-electron chi connectivity index (χ3n) is 4.86. The molecule has 0 aliphatic heterocycles. The molecule has 3 aromatic rings. The average Bonchev–Trinajstić information content (AvgIpc) is 3.06. The highest BCUT2D eigenvalue weighted by molar-refractivity contribution is 7.99. The minimum Gasteiger partial charge on any atom is -0.301 e. The molecule has 0 fully saturated rings. The van der Waals surface area contributed by atoms with E-state index in [4.69, 9.17) is 0 Å². The summed E-state index contributed by atoms with van der Waals surface area (Å²) in [4.78, 5) is 45.6. The summed E-state index contributed by atoms with van der Waals surface area (Å²) < 4.78 is 13.6. The van der Waals surface area contributed by atoms with E-state index in [9.17, 15) is 18.8 Å². The minimum atomic E-state index is -0.757. The fourth-order valence-electron chi connectivity index (χ4n) is 2.97. The number of nitrogens with one attached hydrogen (secondary N) is 3. The molecule has 0 aliphatic carbocycles. The summed E-state index contributed by atoms with van der Waals surface area (Å²) in [5, 5.41) is 0.943. The summed E-state index contributed by atoms with van der Waals surface area (Å²) in [5.41, 5.74) is 5.04. The van der Waals surface area contributed by atoms with Crippen LogP contribution < -0.4 is 16.4 Å². The Morgan fingerprint density at radius 3 is 2.74 bits per heavy atom. The Bertz CT molecular complexity index is 1180. The van der Waals surface area contributed by atoms with Gasteiger partial charge in [0.05, 0.1) is 16.7 Å². The van der Waals surface area contributed by atoms with Crippen LogP contribution in [0.25, 0.3) is 10.2 Å². The summed E-state index contributed by atoms with van der Waals surface area (Å²) in [6.07, 6.45) is 1.85. The van der Waals surface area contributed by atoms with E-state index in [1.165, 1.54) is 29.5 Å². The van der Waals surface area contributed by atoms with Crippen LogP contribution in [0.5, 0.6) is 0 Å². The fraction of sp³-hybridized carbons (Fsp3) is 0.333. The van der Waals surface area contributed by atoms with Crippen molar-refractivity contribution in [2.24, 2.45) is 5.92 Å². The van der Waals surface area contributed by atoms with Gasteiger partial charge in [0.1, 0.15) is 10.6 Å². The van der Waals surface area contributed by atoms with Crippen LogP contribution in [-0.4, -0.2) is 27.5 Å². The molecule has 3 rings (SSSR count). The zero-order chi connectivity index (χ0) is 22.5. The Kier molecular flexibility index (Phi) is 7.45. The van der Waals surface area contributed by atoms with Gasteiger partial charge in [0.2, 0.25) is 5.91 Å². The molecule has 0 radical (unpaired) electrons. The fourth-order valence-corrected chi connectivity index (χ4v) is 4.74. The average molecular weight is 463 g/mol. The Morgan fingerprint density at radius 1 is 1.29 bits per heavy atom. The number of carbonyl (C=O) groups excluding carboxylic acids is 2. The van der Waals surface area contributed by atoms with E-state index in [0.717, 1.165) is 41.1 Å². The number of amides is 2. The number of thioether (sulfide) groups is 1. The molecule has 31 heavy (non-hydrogen) atoms. The minimum absolute atomic E-state index is 0.0872. The van der Waals surface area contributed by atoms with Gasteiger partial charge in [-0.1, -0.05) is 44.2 Å². The first-order valence-electron chi connectivity index (χ1n) is 9.79.